The number of rotatable bonds is 8. The van der Waals surface area contributed by atoms with Gasteiger partial charge in [0.1, 0.15) is 6.33 Å². The molecule has 5 heteroatoms. The van der Waals surface area contributed by atoms with E-state index < -0.39 is 0 Å². The number of hydrogen-bond acceptors (Lipinski definition) is 3. The molecule has 0 atom stereocenters. The van der Waals surface area contributed by atoms with E-state index in [4.69, 9.17) is 0 Å². The van der Waals surface area contributed by atoms with Gasteiger partial charge in [0.15, 0.2) is 0 Å². The van der Waals surface area contributed by atoms with Gasteiger partial charge < -0.3 is 5.32 Å². The molecule has 1 aromatic heterocycles. The summed E-state index contributed by atoms with van der Waals surface area (Å²) in [5.74, 6) is 0. The highest BCUT2D eigenvalue weighted by atomic mass is 16.2. The van der Waals surface area contributed by atoms with E-state index in [2.05, 4.69) is 17.3 Å². The summed E-state index contributed by atoms with van der Waals surface area (Å²) in [4.78, 5) is 11.4. The third kappa shape index (κ3) is 4.18. The summed E-state index contributed by atoms with van der Waals surface area (Å²) >= 11 is 0. The zero-order valence-electron chi connectivity index (χ0n) is 10.3. The number of nitrogens with zero attached hydrogens (tertiary/aromatic N) is 3. The second-order valence-electron chi connectivity index (χ2n) is 4.06. The van der Waals surface area contributed by atoms with Gasteiger partial charge in [-0.15, -0.1) is 0 Å². The second-order valence-corrected chi connectivity index (χ2v) is 4.06. The van der Waals surface area contributed by atoms with Crippen LogP contribution >= 0.6 is 0 Å². The Balaban J connectivity index is 2.07. The Kier molecular flexibility index (Phi) is 5.85. The molecule has 1 N–H and O–H groups in total. The average Bonchev–Trinajstić information content (AvgIpc) is 2.59. The molecule has 0 aliphatic rings. The molecule has 5 nitrogen and oxygen atoms in total. The molecule has 1 aromatic rings. The van der Waals surface area contributed by atoms with E-state index in [1.807, 2.05) is 0 Å². The zero-order chi connectivity index (χ0) is 11.8. The first-order valence-corrected chi connectivity index (χ1v) is 6.05. The minimum Gasteiger partial charge on any atom is -0.315 e. The Morgan fingerprint density at radius 1 is 1.31 bits per heavy atom. The summed E-state index contributed by atoms with van der Waals surface area (Å²) in [5, 5.41) is 7.31. The van der Waals surface area contributed by atoms with E-state index in [1.165, 1.54) is 34.9 Å². The van der Waals surface area contributed by atoms with E-state index in [1.54, 1.807) is 13.4 Å². The maximum Gasteiger partial charge on any atom is 0.345 e. The van der Waals surface area contributed by atoms with Crippen molar-refractivity contribution in [3.63, 3.8) is 0 Å². The molecule has 16 heavy (non-hydrogen) atoms. The summed E-state index contributed by atoms with van der Waals surface area (Å²) in [7, 11) is 1.71. The van der Waals surface area contributed by atoms with Crippen molar-refractivity contribution < 1.29 is 0 Å². The second kappa shape index (κ2) is 7.22. The Labute approximate surface area is 96.5 Å². The van der Waals surface area contributed by atoms with Gasteiger partial charge in [-0.3, -0.25) is 4.57 Å². The lowest BCUT2D eigenvalue weighted by Gasteiger charge is -2.03. The maximum absolute atomic E-state index is 11.4. The predicted molar refractivity (Wildman–Crippen MR) is 64.5 cm³/mol. The molecule has 92 valence electrons. The van der Waals surface area contributed by atoms with Crippen LogP contribution in [0.3, 0.4) is 0 Å². The van der Waals surface area contributed by atoms with Crippen molar-refractivity contribution in [1.82, 2.24) is 19.7 Å². The van der Waals surface area contributed by atoms with Crippen LogP contribution in [0.2, 0.25) is 0 Å². The molecule has 0 aliphatic carbocycles. The quantitative estimate of drug-likeness (QED) is 0.666. The molecule has 0 unspecified atom stereocenters. The summed E-state index contributed by atoms with van der Waals surface area (Å²) in [6.07, 6.45) is 6.62. The highest BCUT2D eigenvalue weighted by molar-refractivity contribution is 4.65. The van der Waals surface area contributed by atoms with Crippen LogP contribution in [-0.2, 0) is 13.6 Å². The predicted octanol–water partition coefficient (Wildman–Crippen LogP) is 0.752. The van der Waals surface area contributed by atoms with Crippen LogP contribution < -0.4 is 11.0 Å². The van der Waals surface area contributed by atoms with Crippen LogP contribution in [0.5, 0.6) is 0 Å². The molecular formula is C11H22N4O. The van der Waals surface area contributed by atoms with Gasteiger partial charge in [0.05, 0.1) is 6.54 Å². The Bertz CT molecular complexity index is 342. The van der Waals surface area contributed by atoms with Gasteiger partial charge in [0.2, 0.25) is 0 Å². The molecule has 1 heterocycles. The average molecular weight is 226 g/mol. The Morgan fingerprint density at radius 3 is 2.75 bits per heavy atom. The van der Waals surface area contributed by atoms with E-state index in [-0.39, 0.29) is 5.69 Å². The molecule has 1 rings (SSSR count). The monoisotopic (exact) mass is 226 g/mol. The van der Waals surface area contributed by atoms with Gasteiger partial charge in [-0.1, -0.05) is 26.2 Å². The summed E-state index contributed by atoms with van der Waals surface area (Å²) in [5.41, 5.74) is -0.0483. The smallest absolute Gasteiger partial charge is 0.315 e. The lowest BCUT2D eigenvalue weighted by atomic mass is 10.2. The number of nitrogens with one attached hydrogen (secondary N) is 1. The Hall–Kier alpha value is -1.10. The minimum absolute atomic E-state index is 0.0483. The SMILES string of the molecule is CCCCCCNCCn1ncn(C)c1=O. The highest BCUT2D eigenvalue weighted by Crippen LogP contribution is 1.96. The third-order valence-electron chi connectivity index (χ3n) is 2.59. The van der Waals surface area contributed by atoms with Gasteiger partial charge in [0, 0.05) is 13.6 Å². The standard InChI is InChI=1S/C11H22N4O/c1-3-4-5-6-7-12-8-9-15-11(16)14(2)10-13-15/h10,12H,3-9H2,1-2H3. The lowest BCUT2D eigenvalue weighted by Crippen LogP contribution is -2.29. The van der Waals surface area contributed by atoms with Gasteiger partial charge in [-0.05, 0) is 13.0 Å². The van der Waals surface area contributed by atoms with Crippen molar-refractivity contribution in [2.45, 2.75) is 39.2 Å². The van der Waals surface area contributed by atoms with Crippen LogP contribution in [-0.4, -0.2) is 27.4 Å². The molecule has 0 bridgehead atoms. The van der Waals surface area contributed by atoms with Gasteiger partial charge in [-0.25, -0.2) is 9.48 Å². The van der Waals surface area contributed by atoms with Crippen molar-refractivity contribution in [1.29, 1.82) is 0 Å². The normalized spacial score (nSPS) is 10.9. The Morgan fingerprint density at radius 2 is 2.12 bits per heavy atom. The number of aryl methyl sites for hydroxylation is 1. The van der Waals surface area contributed by atoms with Crippen LogP contribution in [0.15, 0.2) is 11.1 Å². The van der Waals surface area contributed by atoms with Gasteiger partial charge in [-0.2, -0.15) is 5.10 Å². The van der Waals surface area contributed by atoms with Gasteiger partial charge in [0.25, 0.3) is 0 Å². The van der Waals surface area contributed by atoms with Crippen molar-refractivity contribution in [2.24, 2.45) is 7.05 Å². The van der Waals surface area contributed by atoms with E-state index >= 15 is 0 Å². The zero-order valence-corrected chi connectivity index (χ0v) is 10.3. The number of aromatic nitrogens is 3. The molecule has 0 aliphatic heterocycles. The van der Waals surface area contributed by atoms with Crippen molar-refractivity contribution in [3.05, 3.63) is 16.8 Å². The summed E-state index contributed by atoms with van der Waals surface area (Å²) < 4.78 is 2.97. The van der Waals surface area contributed by atoms with Crippen LogP contribution in [0.1, 0.15) is 32.6 Å². The van der Waals surface area contributed by atoms with E-state index in [0.29, 0.717) is 6.54 Å². The molecule has 0 spiro atoms. The van der Waals surface area contributed by atoms with E-state index in [9.17, 15) is 4.79 Å². The highest BCUT2D eigenvalue weighted by Gasteiger charge is 1.99. The molecule has 0 fully saturated rings. The molecular weight excluding hydrogens is 204 g/mol. The fourth-order valence-corrected chi connectivity index (χ4v) is 1.56. The minimum atomic E-state index is -0.0483. The fraction of sp³-hybridized carbons (Fsp3) is 0.818. The first-order valence-electron chi connectivity index (χ1n) is 6.05. The lowest BCUT2D eigenvalue weighted by molar-refractivity contribution is 0.522. The molecule has 0 saturated heterocycles. The topological polar surface area (TPSA) is 51.9 Å². The summed E-state index contributed by atoms with van der Waals surface area (Å²) in [6, 6.07) is 0. The summed E-state index contributed by atoms with van der Waals surface area (Å²) in [6.45, 7) is 4.69. The van der Waals surface area contributed by atoms with Crippen LogP contribution in [0.25, 0.3) is 0 Å². The maximum atomic E-state index is 11.4. The largest absolute Gasteiger partial charge is 0.345 e. The number of unbranched alkanes of at least 4 members (excludes halogenated alkanes) is 3. The fourth-order valence-electron chi connectivity index (χ4n) is 1.56. The third-order valence-corrected chi connectivity index (χ3v) is 2.59. The molecule has 0 aromatic carbocycles. The van der Waals surface area contributed by atoms with Gasteiger partial charge >= 0.3 is 5.69 Å². The van der Waals surface area contributed by atoms with Crippen LogP contribution in [0, 0.1) is 0 Å². The van der Waals surface area contributed by atoms with E-state index in [0.717, 1.165) is 13.1 Å². The molecule has 0 amide bonds. The van der Waals surface area contributed by atoms with Crippen LogP contribution in [0.4, 0.5) is 0 Å². The molecule has 0 radical (unpaired) electrons. The first-order chi connectivity index (χ1) is 7.75. The first kappa shape index (κ1) is 13.0. The van der Waals surface area contributed by atoms with Crippen molar-refractivity contribution in [2.75, 3.05) is 13.1 Å². The molecule has 0 saturated carbocycles. The van der Waals surface area contributed by atoms with Crippen molar-refractivity contribution >= 4 is 0 Å². The number of hydrogen-bond donors (Lipinski definition) is 1. The van der Waals surface area contributed by atoms with Crippen molar-refractivity contribution in [3.8, 4) is 0 Å².